The van der Waals surface area contributed by atoms with Crippen molar-refractivity contribution in [1.82, 2.24) is 9.97 Å². The molecule has 88 valence electrons. The fourth-order valence-corrected chi connectivity index (χ4v) is 1.84. The Kier molecular flexibility index (Phi) is 3.79. The third-order valence-corrected chi connectivity index (χ3v) is 2.81. The number of nitrogens with two attached hydrogens (primary N) is 1. The van der Waals surface area contributed by atoms with Crippen LogP contribution in [0.2, 0.25) is 5.02 Å². The Morgan fingerprint density at radius 3 is 3.19 bits per heavy atom. The van der Waals surface area contributed by atoms with Gasteiger partial charge in [-0.1, -0.05) is 11.6 Å². The topological polar surface area (TPSA) is 73.1 Å². The van der Waals surface area contributed by atoms with Gasteiger partial charge < -0.3 is 15.8 Å². The lowest BCUT2D eigenvalue weighted by Gasteiger charge is -2.23. The van der Waals surface area contributed by atoms with Crippen molar-refractivity contribution in [2.24, 2.45) is 0 Å². The SMILES string of the molecule is Nc1ncc(Cl)c(NCC2CCCCO2)n1. The molecule has 1 aliphatic heterocycles. The van der Waals surface area contributed by atoms with Crippen molar-refractivity contribution >= 4 is 23.4 Å². The van der Waals surface area contributed by atoms with Crippen LogP contribution >= 0.6 is 11.6 Å². The van der Waals surface area contributed by atoms with Gasteiger partial charge in [-0.05, 0) is 19.3 Å². The number of halogens is 1. The molecule has 2 rings (SSSR count). The molecule has 0 bridgehead atoms. The zero-order valence-electron chi connectivity index (χ0n) is 8.95. The third kappa shape index (κ3) is 2.96. The molecule has 1 saturated heterocycles. The van der Waals surface area contributed by atoms with Crippen LogP contribution in [0.3, 0.4) is 0 Å². The van der Waals surface area contributed by atoms with Gasteiger partial charge in [-0.3, -0.25) is 0 Å². The Labute approximate surface area is 99.4 Å². The maximum absolute atomic E-state index is 5.93. The van der Waals surface area contributed by atoms with E-state index in [1.165, 1.54) is 12.6 Å². The van der Waals surface area contributed by atoms with Crippen LogP contribution in [0.25, 0.3) is 0 Å². The number of hydrogen-bond donors (Lipinski definition) is 2. The summed E-state index contributed by atoms with van der Waals surface area (Å²) in [4.78, 5) is 7.82. The zero-order valence-corrected chi connectivity index (χ0v) is 9.70. The van der Waals surface area contributed by atoms with E-state index in [-0.39, 0.29) is 12.1 Å². The van der Waals surface area contributed by atoms with E-state index in [1.54, 1.807) is 0 Å². The normalized spacial score (nSPS) is 20.7. The summed E-state index contributed by atoms with van der Waals surface area (Å²) < 4.78 is 5.59. The van der Waals surface area contributed by atoms with Gasteiger partial charge >= 0.3 is 0 Å². The van der Waals surface area contributed by atoms with Gasteiger partial charge in [-0.15, -0.1) is 0 Å². The molecule has 1 unspecified atom stereocenters. The first-order valence-corrected chi connectivity index (χ1v) is 5.77. The zero-order chi connectivity index (χ0) is 11.4. The Bertz CT molecular complexity index is 355. The fraction of sp³-hybridized carbons (Fsp3) is 0.600. The van der Waals surface area contributed by atoms with Crippen LogP contribution in [-0.4, -0.2) is 29.2 Å². The highest BCUT2D eigenvalue weighted by molar-refractivity contribution is 6.32. The van der Waals surface area contributed by atoms with Crippen molar-refractivity contribution in [2.75, 3.05) is 24.2 Å². The van der Waals surface area contributed by atoms with Crippen LogP contribution in [0.5, 0.6) is 0 Å². The van der Waals surface area contributed by atoms with Crippen LogP contribution in [0.4, 0.5) is 11.8 Å². The highest BCUT2D eigenvalue weighted by Gasteiger charge is 2.14. The molecule has 1 aromatic rings. The van der Waals surface area contributed by atoms with Gasteiger partial charge in [0.15, 0.2) is 5.82 Å². The highest BCUT2D eigenvalue weighted by Crippen LogP contribution is 2.19. The number of nitrogens with zero attached hydrogens (tertiary/aromatic N) is 2. The van der Waals surface area contributed by atoms with Crippen LogP contribution in [0.15, 0.2) is 6.20 Å². The molecule has 0 saturated carbocycles. The summed E-state index contributed by atoms with van der Waals surface area (Å²) in [6.07, 6.45) is 5.17. The second kappa shape index (κ2) is 5.32. The van der Waals surface area contributed by atoms with Crippen molar-refractivity contribution in [2.45, 2.75) is 25.4 Å². The van der Waals surface area contributed by atoms with Gasteiger partial charge in [0.2, 0.25) is 5.95 Å². The summed E-state index contributed by atoms with van der Waals surface area (Å²) in [7, 11) is 0. The molecular weight excluding hydrogens is 228 g/mol. The second-order valence-corrected chi connectivity index (χ2v) is 4.20. The maximum Gasteiger partial charge on any atom is 0.222 e. The van der Waals surface area contributed by atoms with E-state index < -0.39 is 0 Å². The van der Waals surface area contributed by atoms with Crippen molar-refractivity contribution in [3.05, 3.63) is 11.2 Å². The van der Waals surface area contributed by atoms with Crippen LogP contribution in [-0.2, 0) is 4.74 Å². The van der Waals surface area contributed by atoms with Gasteiger partial charge in [0.25, 0.3) is 0 Å². The highest BCUT2D eigenvalue weighted by atomic mass is 35.5. The van der Waals surface area contributed by atoms with Gasteiger partial charge in [-0.2, -0.15) is 4.98 Å². The van der Waals surface area contributed by atoms with Crippen molar-refractivity contribution in [3.63, 3.8) is 0 Å². The molecule has 0 radical (unpaired) electrons. The van der Waals surface area contributed by atoms with E-state index >= 15 is 0 Å². The van der Waals surface area contributed by atoms with Crippen LogP contribution in [0, 0.1) is 0 Å². The molecule has 0 aliphatic carbocycles. The number of anilines is 2. The van der Waals surface area contributed by atoms with E-state index in [0.29, 0.717) is 17.4 Å². The molecule has 1 atom stereocenters. The van der Waals surface area contributed by atoms with Gasteiger partial charge in [0.05, 0.1) is 12.3 Å². The predicted octanol–water partition coefficient (Wildman–Crippen LogP) is 1.69. The number of aromatic nitrogens is 2. The molecule has 1 fully saturated rings. The molecular formula is C10H15ClN4O. The predicted molar refractivity (Wildman–Crippen MR) is 63.5 cm³/mol. The first-order valence-electron chi connectivity index (χ1n) is 5.39. The lowest BCUT2D eigenvalue weighted by Crippen LogP contribution is -2.27. The first-order chi connectivity index (χ1) is 7.75. The summed E-state index contributed by atoms with van der Waals surface area (Å²) in [6, 6.07) is 0. The average molecular weight is 243 g/mol. The fourth-order valence-electron chi connectivity index (χ4n) is 1.68. The largest absolute Gasteiger partial charge is 0.376 e. The van der Waals surface area contributed by atoms with E-state index in [2.05, 4.69) is 15.3 Å². The Morgan fingerprint density at radius 2 is 2.44 bits per heavy atom. The van der Waals surface area contributed by atoms with E-state index in [0.717, 1.165) is 19.4 Å². The minimum Gasteiger partial charge on any atom is -0.376 e. The number of rotatable bonds is 3. The van der Waals surface area contributed by atoms with E-state index in [9.17, 15) is 0 Å². The monoisotopic (exact) mass is 242 g/mol. The molecule has 3 N–H and O–H groups in total. The standard InChI is InChI=1S/C10H15ClN4O/c11-8-6-14-10(12)15-9(8)13-5-7-3-1-2-4-16-7/h6-7H,1-5H2,(H3,12,13,14,15). The number of ether oxygens (including phenoxy) is 1. The third-order valence-electron chi connectivity index (χ3n) is 2.53. The molecule has 0 aromatic carbocycles. The molecule has 1 aliphatic rings. The average Bonchev–Trinajstić information content (AvgIpc) is 2.32. The van der Waals surface area contributed by atoms with Crippen molar-refractivity contribution in [1.29, 1.82) is 0 Å². The summed E-state index contributed by atoms with van der Waals surface area (Å²) in [6.45, 7) is 1.54. The lowest BCUT2D eigenvalue weighted by molar-refractivity contribution is 0.0247. The smallest absolute Gasteiger partial charge is 0.222 e. The number of hydrogen-bond acceptors (Lipinski definition) is 5. The van der Waals surface area contributed by atoms with Gasteiger partial charge in [0, 0.05) is 13.2 Å². The summed E-state index contributed by atoms with van der Waals surface area (Å²) in [5.41, 5.74) is 5.48. The maximum atomic E-state index is 5.93. The van der Waals surface area contributed by atoms with Gasteiger partial charge in [0.1, 0.15) is 5.02 Å². The Morgan fingerprint density at radius 1 is 1.56 bits per heavy atom. The number of nitrogen functional groups attached to an aromatic ring is 1. The minimum absolute atomic E-state index is 0.219. The summed E-state index contributed by atoms with van der Waals surface area (Å²) in [5.74, 6) is 0.791. The lowest BCUT2D eigenvalue weighted by atomic mass is 10.1. The molecule has 16 heavy (non-hydrogen) atoms. The van der Waals surface area contributed by atoms with Gasteiger partial charge in [-0.25, -0.2) is 4.98 Å². The molecule has 6 heteroatoms. The molecule has 1 aromatic heterocycles. The quantitative estimate of drug-likeness (QED) is 0.844. The van der Waals surface area contributed by atoms with E-state index in [4.69, 9.17) is 22.1 Å². The second-order valence-electron chi connectivity index (χ2n) is 3.79. The van der Waals surface area contributed by atoms with E-state index in [1.807, 2.05) is 0 Å². The minimum atomic E-state index is 0.219. The molecule has 0 amide bonds. The summed E-state index contributed by atoms with van der Waals surface area (Å²) >= 11 is 5.93. The van der Waals surface area contributed by atoms with Crippen molar-refractivity contribution in [3.8, 4) is 0 Å². The molecule has 2 heterocycles. The molecule has 0 spiro atoms. The first kappa shape index (κ1) is 11.4. The van der Waals surface area contributed by atoms with Crippen LogP contribution in [0.1, 0.15) is 19.3 Å². The molecule has 5 nitrogen and oxygen atoms in total. The van der Waals surface area contributed by atoms with Crippen LogP contribution < -0.4 is 11.1 Å². The summed E-state index contributed by atoms with van der Waals surface area (Å²) in [5, 5.41) is 3.61. The Hall–Kier alpha value is -1.07. The Balaban J connectivity index is 1.90. The van der Waals surface area contributed by atoms with Crippen molar-refractivity contribution < 1.29 is 4.74 Å². The number of nitrogens with one attached hydrogen (secondary N) is 1.